The third-order valence-corrected chi connectivity index (χ3v) is 3.34. The molecule has 1 aromatic rings. The van der Waals surface area contributed by atoms with Crippen LogP contribution in [0.5, 0.6) is 0 Å². The molecule has 1 N–H and O–H groups in total. The predicted molar refractivity (Wildman–Crippen MR) is 63.6 cm³/mol. The van der Waals surface area contributed by atoms with Crippen molar-refractivity contribution in [3.05, 3.63) is 29.3 Å². The first-order valence-electron chi connectivity index (χ1n) is 5.96. The number of nitriles is 1. The van der Waals surface area contributed by atoms with Gasteiger partial charge in [0.25, 0.3) is 0 Å². The van der Waals surface area contributed by atoms with Gasteiger partial charge >= 0.3 is 6.18 Å². The Hall–Kier alpha value is -1.74. The molecule has 102 valence electrons. The number of benzene rings is 1. The second-order valence-electron chi connectivity index (χ2n) is 4.51. The molecular weight excluding hydrogens is 257 g/mol. The molecule has 1 atom stereocenters. The van der Waals surface area contributed by atoms with Crippen LogP contribution in [0.3, 0.4) is 0 Å². The highest BCUT2D eigenvalue weighted by Gasteiger charge is 2.32. The summed E-state index contributed by atoms with van der Waals surface area (Å²) in [6.07, 6.45) is -2.81. The van der Waals surface area contributed by atoms with Crippen LogP contribution in [0.2, 0.25) is 0 Å². The maximum atomic E-state index is 12.6. The number of rotatable bonds is 2. The molecule has 1 aliphatic heterocycles. The van der Waals surface area contributed by atoms with Crippen LogP contribution in [-0.4, -0.2) is 24.3 Å². The molecule has 0 amide bonds. The molecule has 0 radical (unpaired) electrons. The Bertz CT molecular complexity index is 508. The van der Waals surface area contributed by atoms with Crippen molar-refractivity contribution in [2.75, 3.05) is 18.1 Å². The van der Waals surface area contributed by atoms with Crippen molar-refractivity contribution in [1.29, 1.82) is 5.26 Å². The number of hydrogen-bond acceptors (Lipinski definition) is 3. The maximum Gasteiger partial charge on any atom is 0.416 e. The van der Waals surface area contributed by atoms with Gasteiger partial charge in [0.05, 0.1) is 29.5 Å². The van der Waals surface area contributed by atoms with Crippen molar-refractivity contribution in [3.8, 4) is 6.07 Å². The average molecular weight is 270 g/mol. The summed E-state index contributed by atoms with van der Waals surface area (Å²) in [5, 5.41) is 18.3. The summed E-state index contributed by atoms with van der Waals surface area (Å²) in [5.41, 5.74) is -0.366. The number of halogens is 3. The van der Waals surface area contributed by atoms with E-state index in [1.54, 1.807) is 11.0 Å². The van der Waals surface area contributed by atoms with Gasteiger partial charge in [0.1, 0.15) is 6.07 Å². The number of hydrogen-bond donors (Lipinski definition) is 1. The van der Waals surface area contributed by atoms with Crippen LogP contribution >= 0.6 is 0 Å². The van der Waals surface area contributed by atoms with Crippen molar-refractivity contribution in [2.24, 2.45) is 0 Å². The molecule has 1 unspecified atom stereocenters. The summed E-state index contributed by atoms with van der Waals surface area (Å²) in [5.74, 6) is 0. The van der Waals surface area contributed by atoms with Crippen LogP contribution < -0.4 is 4.90 Å². The minimum Gasteiger partial charge on any atom is -0.394 e. The number of anilines is 1. The zero-order valence-electron chi connectivity index (χ0n) is 10.1. The van der Waals surface area contributed by atoms with Gasteiger partial charge in [-0.05, 0) is 31.0 Å². The van der Waals surface area contributed by atoms with E-state index >= 15 is 0 Å². The quantitative estimate of drug-likeness (QED) is 0.898. The number of nitrogens with zero attached hydrogens (tertiary/aromatic N) is 2. The van der Waals surface area contributed by atoms with Gasteiger partial charge in [0.2, 0.25) is 0 Å². The molecule has 0 aliphatic carbocycles. The molecule has 1 heterocycles. The topological polar surface area (TPSA) is 47.3 Å². The Morgan fingerprint density at radius 2 is 2.16 bits per heavy atom. The van der Waals surface area contributed by atoms with Crippen LogP contribution in [0.25, 0.3) is 0 Å². The van der Waals surface area contributed by atoms with Crippen molar-refractivity contribution in [2.45, 2.75) is 25.1 Å². The van der Waals surface area contributed by atoms with Gasteiger partial charge in [-0.25, -0.2) is 0 Å². The average Bonchev–Trinajstić information content (AvgIpc) is 2.84. The molecule has 3 nitrogen and oxygen atoms in total. The summed E-state index contributed by atoms with van der Waals surface area (Å²) in [4.78, 5) is 1.80. The SMILES string of the molecule is N#Cc1cc(C(F)(F)F)ccc1N1CCCC1CO. The van der Waals surface area contributed by atoms with E-state index in [1.165, 1.54) is 6.07 Å². The minimum atomic E-state index is -4.45. The normalized spacial score (nSPS) is 19.5. The van der Waals surface area contributed by atoms with Crippen molar-refractivity contribution < 1.29 is 18.3 Å². The van der Waals surface area contributed by atoms with Crippen molar-refractivity contribution in [1.82, 2.24) is 0 Å². The standard InChI is InChI=1S/C13H13F3N2O/c14-13(15,16)10-3-4-12(9(6-10)7-17)18-5-1-2-11(18)8-19/h3-4,6,11,19H,1-2,5,8H2. The molecule has 1 aromatic carbocycles. The molecule has 0 saturated carbocycles. The van der Waals surface area contributed by atoms with Gasteiger partial charge in [-0.2, -0.15) is 18.4 Å². The van der Waals surface area contributed by atoms with Crippen LogP contribution in [0, 0.1) is 11.3 Å². The molecule has 0 spiro atoms. The lowest BCUT2D eigenvalue weighted by atomic mass is 10.1. The van der Waals surface area contributed by atoms with Crippen LogP contribution in [0.1, 0.15) is 24.0 Å². The third kappa shape index (κ3) is 2.66. The molecular formula is C13H13F3N2O. The molecule has 0 bridgehead atoms. The van der Waals surface area contributed by atoms with Crippen LogP contribution in [0.15, 0.2) is 18.2 Å². The first-order valence-corrected chi connectivity index (χ1v) is 5.96. The monoisotopic (exact) mass is 270 g/mol. The van der Waals surface area contributed by atoms with Gasteiger partial charge in [-0.15, -0.1) is 0 Å². The Morgan fingerprint density at radius 1 is 1.42 bits per heavy atom. The molecule has 1 fully saturated rings. The van der Waals surface area contributed by atoms with E-state index in [2.05, 4.69) is 0 Å². The Labute approximate surface area is 108 Å². The Kier molecular flexibility index (Phi) is 3.67. The summed E-state index contributed by atoms with van der Waals surface area (Å²) < 4.78 is 37.8. The van der Waals surface area contributed by atoms with E-state index < -0.39 is 11.7 Å². The minimum absolute atomic E-state index is 0.00447. The van der Waals surface area contributed by atoms with Crippen LogP contribution in [0.4, 0.5) is 18.9 Å². The number of alkyl halides is 3. The molecule has 0 aromatic heterocycles. The Morgan fingerprint density at radius 3 is 2.74 bits per heavy atom. The summed E-state index contributed by atoms with van der Waals surface area (Å²) >= 11 is 0. The number of aliphatic hydroxyl groups excluding tert-OH is 1. The van der Waals surface area contributed by atoms with E-state index in [-0.39, 0.29) is 18.2 Å². The molecule has 6 heteroatoms. The van der Waals surface area contributed by atoms with E-state index in [0.29, 0.717) is 12.2 Å². The van der Waals surface area contributed by atoms with E-state index in [1.807, 2.05) is 0 Å². The first kappa shape index (κ1) is 13.7. The second kappa shape index (κ2) is 5.10. The molecule has 1 aliphatic rings. The summed E-state index contributed by atoms with van der Waals surface area (Å²) in [7, 11) is 0. The summed E-state index contributed by atoms with van der Waals surface area (Å²) in [6.45, 7) is 0.581. The second-order valence-corrected chi connectivity index (χ2v) is 4.51. The lowest BCUT2D eigenvalue weighted by molar-refractivity contribution is -0.137. The lowest BCUT2D eigenvalue weighted by Crippen LogP contribution is -2.32. The zero-order valence-corrected chi connectivity index (χ0v) is 10.1. The summed E-state index contributed by atoms with van der Waals surface area (Å²) in [6, 6.07) is 4.84. The van der Waals surface area contributed by atoms with Gasteiger partial charge in [-0.1, -0.05) is 0 Å². The van der Waals surface area contributed by atoms with Crippen molar-refractivity contribution >= 4 is 5.69 Å². The van der Waals surface area contributed by atoms with Gasteiger partial charge in [0, 0.05) is 6.54 Å². The van der Waals surface area contributed by atoms with Crippen LogP contribution in [-0.2, 0) is 6.18 Å². The lowest BCUT2D eigenvalue weighted by Gasteiger charge is -2.26. The fourth-order valence-electron chi connectivity index (χ4n) is 2.40. The highest BCUT2D eigenvalue weighted by atomic mass is 19.4. The Balaban J connectivity index is 2.40. The molecule has 2 rings (SSSR count). The highest BCUT2D eigenvalue weighted by molar-refractivity contribution is 5.62. The largest absolute Gasteiger partial charge is 0.416 e. The van der Waals surface area contributed by atoms with Gasteiger partial charge in [-0.3, -0.25) is 0 Å². The fraction of sp³-hybridized carbons (Fsp3) is 0.462. The fourth-order valence-corrected chi connectivity index (χ4v) is 2.40. The van der Waals surface area contributed by atoms with E-state index in [0.717, 1.165) is 25.0 Å². The van der Waals surface area contributed by atoms with Crippen molar-refractivity contribution in [3.63, 3.8) is 0 Å². The first-order chi connectivity index (χ1) is 8.97. The third-order valence-electron chi connectivity index (χ3n) is 3.34. The maximum absolute atomic E-state index is 12.6. The number of aliphatic hydroxyl groups is 1. The smallest absolute Gasteiger partial charge is 0.394 e. The van der Waals surface area contributed by atoms with E-state index in [4.69, 9.17) is 5.26 Å². The predicted octanol–water partition coefficient (Wildman–Crippen LogP) is 2.54. The zero-order chi connectivity index (χ0) is 14.0. The van der Waals surface area contributed by atoms with Gasteiger partial charge < -0.3 is 10.0 Å². The highest BCUT2D eigenvalue weighted by Crippen LogP contribution is 2.34. The van der Waals surface area contributed by atoms with E-state index in [9.17, 15) is 18.3 Å². The molecule has 1 saturated heterocycles. The molecule has 19 heavy (non-hydrogen) atoms. The van der Waals surface area contributed by atoms with Gasteiger partial charge in [0.15, 0.2) is 0 Å².